The molecule has 2 N–H and O–H groups in total. The fourth-order valence-electron chi connectivity index (χ4n) is 3.54. The van der Waals surface area contributed by atoms with E-state index >= 15 is 0 Å². The van der Waals surface area contributed by atoms with Crippen LogP contribution in [0.1, 0.15) is 21.5 Å². The summed E-state index contributed by atoms with van der Waals surface area (Å²) >= 11 is 12.0. The SMILES string of the molecule is O=C(NC(Cc1ccccc1)C(=O)O)c1ccc2cc(OCc3ccc(Cl)c(Cl)c3)ccc2c1. The number of carbonyl (C=O) groups excluding carboxylic acids is 1. The van der Waals surface area contributed by atoms with E-state index in [4.69, 9.17) is 27.9 Å². The summed E-state index contributed by atoms with van der Waals surface area (Å²) in [6.45, 7) is 0.334. The van der Waals surface area contributed by atoms with E-state index in [1.807, 2.05) is 60.7 Å². The second-order valence-electron chi connectivity index (χ2n) is 7.81. The first-order valence-electron chi connectivity index (χ1n) is 10.6. The second-order valence-corrected chi connectivity index (χ2v) is 8.63. The second kappa shape index (κ2) is 10.6. The first kappa shape index (κ1) is 23.6. The van der Waals surface area contributed by atoms with Crippen LogP contribution in [0, 0.1) is 0 Å². The van der Waals surface area contributed by atoms with Crippen molar-refractivity contribution in [3.8, 4) is 5.75 Å². The number of rotatable bonds is 8. The Labute approximate surface area is 206 Å². The molecule has 0 radical (unpaired) electrons. The monoisotopic (exact) mass is 493 g/mol. The van der Waals surface area contributed by atoms with Crippen LogP contribution in [0.5, 0.6) is 5.75 Å². The van der Waals surface area contributed by atoms with Gasteiger partial charge in [0.25, 0.3) is 5.91 Å². The Balaban J connectivity index is 1.44. The minimum absolute atomic E-state index is 0.203. The number of nitrogens with one attached hydrogen (secondary N) is 1. The Morgan fingerprint density at radius 1 is 0.824 bits per heavy atom. The highest BCUT2D eigenvalue weighted by Crippen LogP contribution is 2.25. The molecule has 7 heteroatoms. The predicted molar refractivity (Wildman–Crippen MR) is 134 cm³/mol. The highest BCUT2D eigenvalue weighted by atomic mass is 35.5. The van der Waals surface area contributed by atoms with Crippen molar-refractivity contribution in [2.45, 2.75) is 19.1 Å². The summed E-state index contributed by atoms with van der Waals surface area (Å²) in [6.07, 6.45) is 0.203. The summed E-state index contributed by atoms with van der Waals surface area (Å²) in [4.78, 5) is 24.4. The minimum Gasteiger partial charge on any atom is -0.489 e. The largest absolute Gasteiger partial charge is 0.489 e. The van der Waals surface area contributed by atoms with Gasteiger partial charge in [-0.2, -0.15) is 0 Å². The molecule has 0 saturated carbocycles. The van der Waals surface area contributed by atoms with Crippen molar-refractivity contribution in [2.24, 2.45) is 0 Å². The van der Waals surface area contributed by atoms with Crippen LogP contribution in [0.25, 0.3) is 10.8 Å². The van der Waals surface area contributed by atoms with Crippen molar-refractivity contribution in [2.75, 3.05) is 0 Å². The molecule has 0 heterocycles. The van der Waals surface area contributed by atoms with Crippen molar-refractivity contribution in [1.82, 2.24) is 5.32 Å². The molecule has 0 aliphatic rings. The van der Waals surface area contributed by atoms with E-state index < -0.39 is 17.9 Å². The molecule has 1 unspecified atom stereocenters. The summed E-state index contributed by atoms with van der Waals surface area (Å²) in [5.74, 6) is -0.850. The molecule has 0 spiro atoms. The molecule has 5 nitrogen and oxygen atoms in total. The van der Waals surface area contributed by atoms with E-state index in [9.17, 15) is 14.7 Å². The first-order chi connectivity index (χ1) is 16.4. The number of carboxylic acid groups (broad SMARTS) is 1. The molecule has 1 atom stereocenters. The van der Waals surface area contributed by atoms with Gasteiger partial charge < -0.3 is 15.2 Å². The summed E-state index contributed by atoms with van der Waals surface area (Å²) in [6, 6.07) is 24.3. The summed E-state index contributed by atoms with van der Waals surface area (Å²) in [5.41, 5.74) is 2.11. The van der Waals surface area contributed by atoms with Crippen molar-refractivity contribution >= 4 is 45.9 Å². The average Bonchev–Trinajstić information content (AvgIpc) is 2.84. The van der Waals surface area contributed by atoms with Crippen LogP contribution in [0.15, 0.2) is 84.9 Å². The quantitative estimate of drug-likeness (QED) is 0.308. The molecule has 0 fully saturated rings. The molecular formula is C27H21Cl2NO4. The lowest BCUT2D eigenvalue weighted by Gasteiger charge is -2.15. The van der Waals surface area contributed by atoms with Gasteiger partial charge in [-0.25, -0.2) is 4.79 Å². The van der Waals surface area contributed by atoms with E-state index in [1.54, 1.807) is 24.3 Å². The van der Waals surface area contributed by atoms with Crippen LogP contribution in [0.3, 0.4) is 0 Å². The lowest BCUT2D eigenvalue weighted by Crippen LogP contribution is -2.42. The zero-order valence-corrected chi connectivity index (χ0v) is 19.5. The molecule has 172 valence electrons. The number of hydrogen-bond acceptors (Lipinski definition) is 3. The van der Waals surface area contributed by atoms with Crippen LogP contribution in [0.2, 0.25) is 10.0 Å². The van der Waals surface area contributed by atoms with E-state index in [1.165, 1.54) is 0 Å². The molecule has 0 bridgehead atoms. The number of benzene rings is 4. The van der Waals surface area contributed by atoms with Crippen LogP contribution in [-0.2, 0) is 17.8 Å². The maximum Gasteiger partial charge on any atom is 0.326 e. The van der Waals surface area contributed by atoms with E-state index in [0.717, 1.165) is 21.9 Å². The number of hydrogen-bond donors (Lipinski definition) is 2. The Morgan fingerprint density at radius 2 is 1.56 bits per heavy atom. The zero-order valence-electron chi connectivity index (χ0n) is 18.0. The fraction of sp³-hybridized carbons (Fsp3) is 0.111. The zero-order chi connectivity index (χ0) is 24.1. The van der Waals surface area contributed by atoms with Gasteiger partial charge in [0.15, 0.2) is 0 Å². The van der Waals surface area contributed by atoms with Gasteiger partial charge in [0, 0.05) is 12.0 Å². The third-order valence-electron chi connectivity index (χ3n) is 5.35. The van der Waals surface area contributed by atoms with Gasteiger partial charge in [0.1, 0.15) is 18.4 Å². The normalized spacial score (nSPS) is 11.7. The number of carboxylic acids is 1. The topological polar surface area (TPSA) is 75.6 Å². The highest BCUT2D eigenvalue weighted by Gasteiger charge is 2.21. The maximum absolute atomic E-state index is 12.8. The van der Waals surface area contributed by atoms with E-state index in [2.05, 4.69) is 5.32 Å². The van der Waals surface area contributed by atoms with Gasteiger partial charge in [-0.3, -0.25) is 4.79 Å². The predicted octanol–water partition coefficient (Wildman–Crippen LogP) is 6.15. The summed E-state index contributed by atoms with van der Waals surface area (Å²) in [7, 11) is 0. The maximum atomic E-state index is 12.8. The van der Waals surface area contributed by atoms with Gasteiger partial charge in [-0.15, -0.1) is 0 Å². The van der Waals surface area contributed by atoms with Gasteiger partial charge in [-0.1, -0.05) is 71.7 Å². The Hall–Kier alpha value is -3.54. The standard InChI is InChI=1S/C27H21Cl2NO4/c28-23-11-6-18(12-24(23)29)16-34-22-10-9-19-14-21(8-7-20(19)15-22)26(31)30-25(27(32)33)13-17-4-2-1-3-5-17/h1-12,14-15,25H,13,16H2,(H,30,31)(H,32,33). The number of ether oxygens (including phenoxy) is 1. The van der Waals surface area contributed by atoms with Crippen LogP contribution >= 0.6 is 23.2 Å². The van der Waals surface area contributed by atoms with Gasteiger partial charge >= 0.3 is 5.97 Å². The molecule has 0 aliphatic carbocycles. The van der Waals surface area contributed by atoms with Crippen molar-refractivity contribution < 1.29 is 19.4 Å². The van der Waals surface area contributed by atoms with Crippen LogP contribution in [0.4, 0.5) is 0 Å². The number of aliphatic carboxylic acids is 1. The van der Waals surface area contributed by atoms with Crippen LogP contribution < -0.4 is 10.1 Å². The molecule has 34 heavy (non-hydrogen) atoms. The molecular weight excluding hydrogens is 473 g/mol. The molecule has 0 aromatic heterocycles. The van der Waals surface area contributed by atoms with Gasteiger partial charge in [-0.05, 0) is 58.3 Å². The smallest absolute Gasteiger partial charge is 0.326 e. The Morgan fingerprint density at radius 3 is 2.29 bits per heavy atom. The highest BCUT2D eigenvalue weighted by molar-refractivity contribution is 6.42. The van der Waals surface area contributed by atoms with Gasteiger partial charge in [0.2, 0.25) is 0 Å². The fourth-order valence-corrected chi connectivity index (χ4v) is 3.86. The summed E-state index contributed by atoms with van der Waals surface area (Å²) in [5, 5.41) is 14.9. The van der Waals surface area contributed by atoms with Crippen LogP contribution in [-0.4, -0.2) is 23.0 Å². The molecule has 4 aromatic carbocycles. The molecule has 0 saturated heterocycles. The van der Waals surface area contributed by atoms with Crippen molar-refractivity contribution in [3.63, 3.8) is 0 Å². The molecule has 0 aliphatic heterocycles. The van der Waals surface area contributed by atoms with Crippen molar-refractivity contribution in [3.05, 3.63) is 112 Å². The lowest BCUT2D eigenvalue weighted by molar-refractivity contribution is -0.139. The van der Waals surface area contributed by atoms with E-state index in [-0.39, 0.29) is 6.42 Å². The summed E-state index contributed by atoms with van der Waals surface area (Å²) < 4.78 is 5.86. The number of fused-ring (bicyclic) bond motifs is 1. The third kappa shape index (κ3) is 5.87. The molecule has 4 rings (SSSR count). The molecule has 4 aromatic rings. The van der Waals surface area contributed by atoms with E-state index in [0.29, 0.717) is 28.0 Å². The van der Waals surface area contributed by atoms with Crippen molar-refractivity contribution in [1.29, 1.82) is 0 Å². The minimum atomic E-state index is -1.08. The lowest BCUT2D eigenvalue weighted by atomic mass is 10.0. The first-order valence-corrected chi connectivity index (χ1v) is 11.3. The average molecular weight is 494 g/mol. The number of halogens is 2. The number of carbonyl (C=O) groups is 2. The Bertz CT molecular complexity index is 1340. The number of amides is 1. The van der Waals surface area contributed by atoms with Gasteiger partial charge in [0.05, 0.1) is 10.0 Å². The Kier molecular flexibility index (Phi) is 7.36. The third-order valence-corrected chi connectivity index (χ3v) is 6.09. The molecule has 1 amide bonds.